The van der Waals surface area contributed by atoms with E-state index < -0.39 is 27.7 Å². The van der Waals surface area contributed by atoms with E-state index in [9.17, 15) is 26.0 Å². The summed E-state index contributed by atoms with van der Waals surface area (Å²) in [7, 11) is -4.02. The van der Waals surface area contributed by atoms with Gasteiger partial charge in [0, 0.05) is 18.7 Å². The Hall–Kier alpha value is -2.01. The Morgan fingerprint density at radius 2 is 1.75 bits per heavy atom. The molecule has 0 unspecified atom stereocenters. The lowest BCUT2D eigenvalue weighted by atomic mass is 10.1. The van der Waals surface area contributed by atoms with Gasteiger partial charge >= 0.3 is 6.18 Å². The second-order valence-corrected chi connectivity index (χ2v) is 7.60. The van der Waals surface area contributed by atoms with Gasteiger partial charge in [-0.25, -0.2) is 4.39 Å². The predicted octanol–water partition coefficient (Wildman–Crippen LogP) is 3.57. The molecule has 0 radical (unpaired) electrons. The Morgan fingerprint density at radius 1 is 1.14 bits per heavy atom. The first-order valence-electron chi connectivity index (χ1n) is 8.19. The molecule has 2 N–H and O–H groups in total. The van der Waals surface area contributed by atoms with Gasteiger partial charge in [0.05, 0.1) is 23.2 Å². The summed E-state index contributed by atoms with van der Waals surface area (Å²) < 4.78 is 85.0. The van der Waals surface area contributed by atoms with Crippen molar-refractivity contribution in [2.24, 2.45) is 0 Å². The maximum atomic E-state index is 13.4. The summed E-state index contributed by atoms with van der Waals surface area (Å²) in [4.78, 5) is -0.0666. The average molecular weight is 421 g/mol. The van der Waals surface area contributed by atoms with Crippen LogP contribution in [-0.2, 0) is 27.6 Å². The lowest BCUT2D eigenvalue weighted by molar-refractivity contribution is -0.137. The number of hydrogen-bond donors (Lipinski definition) is 2. The van der Waals surface area contributed by atoms with E-state index >= 15 is 0 Å². The normalized spacial score (nSPS) is 14.8. The van der Waals surface area contributed by atoms with Crippen molar-refractivity contribution < 1.29 is 35.3 Å². The van der Waals surface area contributed by atoms with Crippen LogP contribution in [0.5, 0.6) is 0 Å². The third kappa shape index (κ3) is 6.55. The number of benzene rings is 2. The van der Waals surface area contributed by atoms with Crippen LogP contribution in [0.3, 0.4) is 0 Å². The summed E-state index contributed by atoms with van der Waals surface area (Å²) in [6.07, 6.45) is -4.49. The maximum absolute atomic E-state index is 13.4. The number of rotatable bonds is 4. The molecule has 10 heteroatoms. The zero-order valence-electron chi connectivity index (χ0n) is 14.8. The van der Waals surface area contributed by atoms with Crippen LogP contribution in [0.2, 0.25) is 0 Å². The SMILES string of the molecule is Cc1ccc(S(=O)(=O)O)cc1.Fc1cc(C(F)(F)F)ccc1COC1CNC1. The van der Waals surface area contributed by atoms with Gasteiger partial charge in [0.2, 0.25) is 0 Å². The van der Waals surface area contributed by atoms with Crippen molar-refractivity contribution in [1.29, 1.82) is 0 Å². The second-order valence-electron chi connectivity index (χ2n) is 6.18. The molecule has 0 saturated carbocycles. The van der Waals surface area contributed by atoms with Gasteiger partial charge in [0.1, 0.15) is 5.82 Å². The lowest BCUT2D eigenvalue weighted by Gasteiger charge is -2.27. The average Bonchev–Trinajstić information content (AvgIpc) is 2.54. The van der Waals surface area contributed by atoms with Crippen LogP contribution in [-0.4, -0.2) is 32.2 Å². The van der Waals surface area contributed by atoms with Gasteiger partial charge in [-0.1, -0.05) is 23.8 Å². The maximum Gasteiger partial charge on any atom is 0.416 e. The zero-order chi connectivity index (χ0) is 20.9. The summed E-state index contributed by atoms with van der Waals surface area (Å²) in [5, 5.41) is 2.97. The highest BCUT2D eigenvalue weighted by Gasteiger charge is 2.31. The lowest BCUT2D eigenvalue weighted by Crippen LogP contribution is -2.48. The summed E-state index contributed by atoms with van der Waals surface area (Å²) >= 11 is 0. The molecule has 1 heterocycles. The number of aryl methyl sites for hydroxylation is 1. The summed E-state index contributed by atoms with van der Waals surface area (Å²) in [5.74, 6) is -0.882. The molecular formula is C18H19F4NO4S. The molecule has 5 nitrogen and oxygen atoms in total. The van der Waals surface area contributed by atoms with Crippen molar-refractivity contribution in [1.82, 2.24) is 5.32 Å². The van der Waals surface area contributed by atoms with Gasteiger partial charge in [0.15, 0.2) is 0 Å². The molecule has 1 fully saturated rings. The minimum atomic E-state index is -4.52. The highest BCUT2D eigenvalue weighted by atomic mass is 32.2. The van der Waals surface area contributed by atoms with Crippen LogP contribution in [0, 0.1) is 12.7 Å². The molecule has 0 spiro atoms. The van der Waals surface area contributed by atoms with Crippen LogP contribution in [0.4, 0.5) is 17.6 Å². The molecule has 2 aromatic rings. The fourth-order valence-corrected chi connectivity index (χ4v) is 2.62. The minimum absolute atomic E-state index is 0.00365. The Morgan fingerprint density at radius 3 is 2.18 bits per heavy atom. The molecule has 28 heavy (non-hydrogen) atoms. The largest absolute Gasteiger partial charge is 0.416 e. The molecular weight excluding hydrogens is 402 g/mol. The number of nitrogens with one attached hydrogen (secondary N) is 1. The highest BCUT2D eigenvalue weighted by molar-refractivity contribution is 7.85. The van der Waals surface area contributed by atoms with E-state index in [1.165, 1.54) is 12.1 Å². The zero-order valence-corrected chi connectivity index (χ0v) is 15.6. The van der Waals surface area contributed by atoms with Crippen LogP contribution in [0.15, 0.2) is 47.4 Å². The molecule has 1 aliphatic heterocycles. The van der Waals surface area contributed by atoms with Gasteiger partial charge in [0.25, 0.3) is 10.1 Å². The minimum Gasteiger partial charge on any atom is -0.371 e. The van der Waals surface area contributed by atoms with Crippen molar-refractivity contribution in [3.8, 4) is 0 Å². The van der Waals surface area contributed by atoms with E-state index in [-0.39, 0.29) is 23.2 Å². The first-order valence-corrected chi connectivity index (χ1v) is 9.63. The van der Waals surface area contributed by atoms with Gasteiger partial charge in [-0.05, 0) is 31.2 Å². The molecule has 154 valence electrons. The summed E-state index contributed by atoms with van der Waals surface area (Å²) in [6.45, 7) is 3.23. The molecule has 2 aromatic carbocycles. The summed E-state index contributed by atoms with van der Waals surface area (Å²) in [6, 6.07) is 8.46. The van der Waals surface area contributed by atoms with Gasteiger partial charge in [-0.2, -0.15) is 21.6 Å². The molecule has 1 aliphatic rings. The van der Waals surface area contributed by atoms with E-state index in [0.29, 0.717) is 19.2 Å². The Labute approximate surface area is 160 Å². The van der Waals surface area contributed by atoms with E-state index in [4.69, 9.17) is 9.29 Å². The van der Waals surface area contributed by atoms with Gasteiger partial charge in [-0.15, -0.1) is 0 Å². The van der Waals surface area contributed by atoms with Crippen LogP contribution in [0.25, 0.3) is 0 Å². The quantitative estimate of drug-likeness (QED) is 0.583. The van der Waals surface area contributed by atoms with E-state index in [0.717, 1.165) is 17.7 Å². The Bertz CT molecular complexity index is 895. The molecule has 0 atom stereocenters. The van der Waals surface area contributed by atoms with Crippen molar-refractivity contribution >= 4 is 10.1 Å². The monoisotopic (exact) mass is 421 g/mol. The molecule has 0 amide bonds. The first kappa shape index (κ1) is 22.3. The van der Waals surface area contributed by atoms with Crippen molar-refractivity contribution in [3.05, 3.63) is 65.0 Å². The highest BCUT2D eigenvalue weighted by Crippen LogP contribution is 2.30. The fourth-order valence-electron chi connectivity index (χ4n) is 2.14. The molecule has 0 bridgehead atoms. The standard InChI is InChI=1S/C11H11F4NO.C7H8O3S/c12-10-3-8(11(13,14)15)2-1-7(10)6-17-9-4-16-5-9;1-6-2-4-7(5-3-6)11(8,9)10/h1-3,9,16H,4-6H2;2-5H,1H3,(H,8,9,10). The molecule has 0 aliphatic carbocycles. The van der Waals surface area contributed by atoms with Gasteiger partial charge in [-0.3, -0.25) is 4.55 Å². The fraction of sp³-hybridized carbons (Fsp3) is 0.333. The smallest absolute Gasteiger partial charge is 0.371 e. The third-order valence-electron chi connectivity index (χ3n) is 3.92. The first-order chi connectivity index (χ1) is 13.0. The predicted molar refractivity (Wildman–Crippen MR) is 93.8 cm³/mol. The van der Waals surface area contributed by atoms with E-state index in [2.05, 4.69) is 5.32 Å². The summed E-state index contributed by atoms with van der Waals surface area (Å²) in [5.41, 5.74) is 0.117. The van der Waals surface area contributed by atoms with Crippen molar-refractivity contribution in [2.45, 2.75) is 30.7 Å². The van der Waals surface area contributed by atoms with E-state index in [1.807, 2.05) is 6.92 Å². The molecule has 0 aromatic heterocycles. The van der Waals surface area contributed by atoms with Crippen molar-refractivity contribution in [2.75, 3.05) is 13.1 Å². The Kier molecular flexibility index (Phi) is 7.16. The van der Waals surface area contributed by atoms with Crippen LogP contribution >= 0.6 is 0 Å². The van der Waals surface area contributed by atoms with Crippen molar-refractivity contribution in [3.63, 3.8) is 0 Å². The topological polar surface area (TPSA) is 75.6 Å². The number of ether oxygens (including phenoxy) is 1. The number of halogens is 4. The molecule has 3 rings (SSSR count). The van der Waals surface area contributed by atoms with Gasteiger partial charge < -0.3 is 10.1 Å². The number of hydrogen-bond acceptors (Lipinski definition) is 4. The van der Waals surface area contributed by atoms with Crippen LogP contribution in [0.1, 0.15) is 16.7 Å². The van der Waals surface area contributed by atoms with E-state index in [1.54, 1.807) is 12.1 Å². The molecule has 1 saturated heterocycles. The second kappa shape index (κ2) is 8.99. The third-order valence-corrected chi connectivity index (χ3v) is 4.79. The Balaban J connectivity index is 0.000000221. The van der Waals surface area contributed by atoms with Crippen LogP contribution < -0.4 is 5.32 Å². The number of alkyl halides is 3.